The highest BCUT2D eigenvalue weighted by molar-refractivity contribution is 9.10. The number of phenols is 1. The van der Waals surface area contributed by atoms with Gasteiger partial charge in [-0.15, -0.1) is 0 Å². The molecule has 0 unspecified atom stereocenters. The Labute approximate surface area is 133 Å². The molecule has 3 N–H and O–H groups in total. The zero-order valence-corrected chi connectivity index (χ0v) is 12.8. The van der Waals surface area contributed by atoms with E-state index in [9.17, 15) is 14.7 Å². The van der Waals surface area contributed by atoms with Gasteiger partial charge in [-0.2, -0.15) is 0 Å². The second kappa shape index (κ2) is 6.15. The molecule has 0 aliphatic heterocycles. The van der Waals surface area contributed by atoms with Crippen LogP contribution in [0.15, 0.2) is 40.9 Å². The zero-order valence-electron chi connectivity index (χ0n) is 10.4. The number of rotatable bonds is 3. The van der Waals surface area contributed by atoms with Crippen LogP contribution in [0.5, 0.6) is 5.75 Å². The standard InChI is InChI=1S/C14H9BrClNO4/c15-10-5-7(1-3-11(10)16)13(19)17-12-4-2-8(18)6-9(12)14(20)21/h1-6,18H,(H,17,19)(H,20,21). The van der Waals surface area contributed by atoms with Crippen LogP contribution in [0.4, 0.5) is 5.69 Å². The summed E-state index contributed by atoms with van der Waals surface area (Å²) in [6.07, 6.45) is 0. The number of aromatic hydroxyl groups is 1. The van der Waals surface area contributed by atoms with Gasteiger partial charge in [-0.25, -0.2) is 4.79 Å². The van der Waals surface area contributed by atoms with Crippen molar-refractivity contribution in [2.45, 2.75) is 0 Å². The van der Waals surface area contributed by atoms with Gasteiger partial charge in [0.25, 0.3) is 5.91 Å². The van der Waals surface area contributed by atoms with Gasteiger partial charge in [-0.3, -0.25) is 4.79 Å². The van der Waals surface area contributed by atoms with Crippen LogP contribution in [0.1, 0.15) is 20.7 Å². The van der Waals surface area contributed by atoms with Gasteiger partial charge in [0.05, 0.1) is 16.3 Å². The van der Waals surface area contributed by atoms with Crippen molar-refractivity contribution in [3.63, 3.8) is 0 Å². The fourth-order valence-corrected chi connectivity index (χ4v) is 2.15. The molecule has 0 bridgehead atoms. The highest BCUT2D eigenvalue weighted by Gasteiger charge is 2.15. The molecule has 0 saturated heterocycles. The maximum absolute atomic E-state index is 12.1. The maximum Gasteiger partial charge on any atom is 0.337 e. The first-order chi connectivity index (χ1) is 9.88. The van der Waals surface area contributed by atoms with E-state index in [4.69, 9.17) is 16.7 Å². The Morgan fingerprint density at radius 3 is 2.48 bits per heavy atom. The van der Waals surface area contributed by atoms with Crippen molar-refractivity contribution in [3.8, 4) is 5.75 Å². The van der Waals surface area contributed by atoms with Gasteiger partial charge in [-0.1, -0.05) is 11.6 Å². The smallest absolute Gasteiger partial charge is 0.337 e. The third-order valence-electron chi connectivity index (χ3n) is 2.66. The number of anilines is 1. The number of hydrogen-bond acceptors (Lipinski definition) is 3. The molecule has 108 valence electrons. The number of carbonyl (C=O) groups is 2. The first kappa shape index (κ1) is 15.3. The van der Waals surface area contributed by atoms with Crippen LogP contribution in [-0.4, -0.2) is 22.1 Å². The minimum absolute atomic E-state index is 0.0939. The van der Waals surface area contributed by atoms with Crippen LogP contribution >= 0.6 is 27.5 Å². The Bertz CT molecular complexity index is 733. The first-order valence-corrected chi connectivity index (χ1v) is 6.88. The molecule has 1 amide bonds. The van der Waals surface area contributed by atoms with Crippen LogP contribution in [0, 0.1) is 0 Å². The lowest BCUT2D eigenvalue weighted by Gasteiger charge is -2.09. The number of halogens is 2. The SMILES string of the molecule is O=C(Nc1ccc(O)cc1C(=O)O)c1ccc(Cl)c(Br)c1. The number of hydrogen-bond donors (Lipinski definition) is 3. The summed E-state index contributed by atoms with van der Waals surface area (Å²) in [5.41, 5.74) is 0.212. The van der Waals surface area contributed by atoms with Gasteiger partial charge >= 0.3 is 5.97 Å². The van der Waals surface area contributed by atoms with Gasteiger partial charge in [0, 0.05) is 10.0 Å². The number of carboxylic acids is 1. The fourth-order valence-electron chi connectivity index (χ4n) is 1.65. The van der Waals surface area contributed by atoms with Gasteiger partial charge in [0.15, 0.2) is 0 Å². The molecule has 0 saturated carbocycles. The van der Waals surface area contributed by atoms with Crippen molar-refractivity contribution >= 4 is 45.1 Å². The molecular formula is C14H9BrClNO4. The lowest BCUT2D eigenvalue weighted by Crippen LogP contribution is -2.14. The van der Waals surface area contributed by atoms with E-state index < -0.39 is 11.9 Å². The largest absolute Gasteiger partial charge is 0.508 e. The van der Waals surface area contributed by atoms with Crippen molar-refractivity contribution in [3.05, 3.63) is 57.0 Å². The predicted octanol–water partition coefficient (Wildman–Crippen LogP) is 3.76. The summed E-state index contributed by atoms with van der Waals surface area (Å²) in [4.78, 5) is 23.2. The molecule has 0 heterocycles. The lowest BCUT2D eigenvalue weighted by molar-refractivity contribution is 0.0697. The molecule has 0 aliphatic rings. The predicted molar refractivity (Wildman–Crippen MR) is 82.2 cm³/mol. The lowest BCUT2D eigenvalue weighted by atomic mass is 10.1. The van der Waals surface area contributed by atoms with E-state index in [2.05, 4.69) is 21.2 Å². The molecular weight excluding hydrogens is 362 g/mol. The molecule has 2 aromatic rings. The van der Waals surface area contributed by atoms with Crippen LogP contribution in [0.2, 0.25) is 5.02 Å². The summed E-state index contributed by atoms with van der Waals surface area (Å²) in [5, 5.41) is 21.3. The fraction of sp³-hybridized carbons (Fsp3) is 0. The molecule has 0 aromatic heterocycles. The minimum Gasteiger partial charge on any atom is -0.508 e. The van der Waals surface area contributed by atoms with Crippen LogP contribution in [0.3, 0.4) is 0 Å². The number of carboxylic acid groups (broad SMARTS) is 1. The number of phenolic OH excluding ortho intramolecular Hbond substituents is 1. The minimum atomic E-state index is -1.25. The molecule has 0 radical (unpaired) electrons. The monoisotopic (exact) mass is 369 g/mol. The van der Waals surface area contributed by atoms with E-state index in [1.165, 1.54) is 24.3 Å². The quantitative estimate of drug-likeness (QED) is 0.718. The highest BCUT2D eigenvalue weighted by atomic mass is 79.9. The maximum atomic E-state index is 12.1. The Kier molecular flexibility index (Phi) is 4.50. The van der Waals surface area contributed by atoms with E-state index in [1.807, 2.05) is 0 Å². The van der Waals surface area contributed by atoms with E-state index in [0.29, 0.717) is 15.1 Å². The summed E-state index contributed by atoms with van der Waals surface area (Å²) in [5.74, 6) is -1.93. The van der Waals surface area contributed by atoms with Crippen molar-refractivity contribution < 1.29 is 19.8 Å². The van der Waals surface area contributed by atoms with Crippen molar-refractivity contribution in [2.75, 3.05) is 5.32 Å². The summed E-state index contributed by atoms with van der Waals surface area (Å²) >= 11 is 9.05. The molecule has 0 spiro atoms. The zero-order chi connectivity index (χ0) is 15.6. The third kappa shape index (κ3) is 3.53. The van der Waals surface area contributed by atoms with Crippen molar-refractivity contribution in [1.82, 2.24) is 0 Å². The van der Waals surface area contributed by atoms with Gasteiger partial charge in [0.2, 0.25) is 0 Å². The molecule has 0 fully saturated rings. The molecule has 5 nitrogen and oxygen atoms in total. The van der Waals surface area contributed by atoms with Gasteiger partial charge < -0.3 is 15.5 Å². The molecule has 0 aliphatic carbocycles. The summed E-state index contributed by atoms with van der Waals surface area (Å²) < 4.78 is 0.556. The Morgan fingerprint density at radius 2 is 1.86 bits per heavy atom. The van der Waals surface area contributed by atoms with Gasteiger partial charge in [0.1, 0.15) is 5.75 Å². The Morgan fingerprint density at radius 1 is 1.14 bits per heavy atom. The van der Waals surface area contributed by atoms with Gasteiger partial charge in [-0.05, 0) is 52.3 Å². The molecule has 21 heavy (non-hydrogen) atoms. The van der Waals surface area contributed by atoms with Crippen molar-refractivity contribution in [1.29, 1.82) is 0 Å². The highest BCUT2D eigenvalue weighted by Crippen LogP contribution is 2.25. The Hall–Kier alpha value is -2.05. The number of nitrogens with one attached hydrogen (secondary N) is 1. The van der Waals surface area contributed by atoms with E-state index in [1.54, 1.807) is 6.07 Å². The summed E-state index contributed by atoms with van der Waals surface area (Å²) in [6.45, 7) is 0. The number of carbonyl (C=O) groups excluding carboxylic acids is 1. The number of benzene rings is 2. The third-order valence-corrected chi connectivity index (χ3v) is 3.88. The Balaban J connectivity index is 2.31. The summed E-state index contributed by atoms with van der Waals surface area (Å²) in [7, 11) is 0. The van der Waals surface area contributed by atoms with E-state index in [-0.39, 0.29) is 17.0 Å². The topological polar surface area (TPSA) is 86.6 Å². The average molecular weight is 371 g/mol. The van der Waals surface area contributed by atoms with E-state index >= 15 is 0 Å². The summed E-state index contributed by atoms with van der Waals surface area (Å²) in [6, 6.07) is 8.27. The average Bonchev–Trinajstić information content (AvgIpc) is 2.43. The molecule has 2 rings (SSSR count). The normalized spacial score (nSPS) is 10.2. The van der Waals surface area contributed by atoms with Crippen LogP contribution < -0.4 is 5.32 Å². The number of aromatic carboxylic acids is 1. The second-order valence-electron chi connectivity index (χ2n) is 4.12. The second-order valence-corrected chi connectivity index (χ2v) is 5.38. The number of amides is 1. The van der Waals surface area contributed by atoms with Crippen molar-refractivity contribution in [2.24, 2.45) is 0 Å². The van der Waals surface area contributed by atoms with Crippen LogP contribution in [-0.2, 0) is 0 Å². The van der Waals surface area contributed by atoms with E-state index in [0.717, 1.165) is 6.07 Å². The molecule has 7 heteroatoms. The van der Waals surface area contributed by atoms with Crippen LogP contribution in [0.25, 0.3) is 0 Å². The first-order valence-electron chi connectivity index (χ1n) is 5.71. The molecule has 2 aromatic carbocycles. The molecule has 0 atom stereocenters.